The summed E-state index contributed by atoms with van der Waals surface area (Å²) in [6.45, 7) is 2.02. The fourth-order valence-electron chi connectivity index (χ4n) is 3.17. The zero-order chi connectivity index (χ0) is 19.8. The number of thioether (sulfide) groups is 1. The van der Waals surface area contributed by atoms with Gasteiger partial charge < -0.3 is 4.74 Å². The lowest BCUT2D eigenvalue weighted by Gasteiger charge is -2.34. The van der Waals surface area contributed by atoms with Crippen molar-refractivity contribution in [2.75, 3.05) is 12.9 Å². The molecule has 144 valence electrons. The Balaban J connectivity index is 1.94. The molecule has 0 aliphatic carbocycles. The van der Waals surface area contributed by atoms with Crippen molar-refractivity contribution in [3.05, 3.63) is 61.5 Å². The molecule has 1 amide bonds. The maximum Gasteiger partial charge on any atom is 0.276 e. The van der Waals surface area contributed by atoms with E-state index in [1.165, 1.54) is 11.8 Å². The van der Waals surface area contributed by atoms with E-state index >= 15 is 0 Å². The zero-order valence-electron chi connectivity index (χ0n) is 15.1. The number of halogens is 2. The van der Waals surface area contributed by atoms with Gasteiger partial charge in [-0.1, -0.05) is 36.9 Å². The van der Waals surface area contributed by atoms with Crippen LogP contribution in [-0.2, 0) is 4.79 Å². The first-order valence-corrected chi connectivity index (χ1v) is 11.1. The first-order chi connectivity index (χ1) is 13.5. The molecule has 0 fully saturated rings. The topological polar surface area (TPSA) is 66.3 Å². The summed E-state index contributed by atoms with van der Waals surface area (Å²) in [6.07, 6.45) is -0.470. The maximum atomic E-state index is 12.9. The van der Waals surface area contributed by atoms with Gasteiger partial charge in [-0.05, 0) is 55.8 Å². The SMILES string of the molecule is CCSC1=NN2C(=c3ccccc3=NC2c2cc(Br)c(OC)c(Br)c2)C(=O)N1. The molecule has 2 aliphatic heterocycles. The molecule has 2 heterocycles. The number of benzene rings is 2. The number of hydrazone groups is 1. The van der Waals surface area contributed by atoms with Gasteiger partial charge in [0.2, 0.25) is 0 Å². The van der Waals surface area contributed by atoms with Gasteiger partial charge in [0.15, 0.2) is 11.3 Å². The second-order valence-corrected chi connectivity index (χ2v) is 8.98. The highest BCUT2D eigenvalue weighted by molar-refractivity contribution is 9.11. The van der Waals surface area contributed by atoms with Crippen molar-refractivity contribution in [3.63, 3.8) is 0 Å². The van der Waals surface area contributed by atoms with Crippen LogP contribution in [0.4, 0.5) is 0 Å². The second-order valence-electron chi connectivity index (χ2n) is 6.02. The van der Waals surface area contributed by atoms with Crippen LogP contribution in [0.1, 0.15) is 18.7 Å². The number of hydrogen-bond donors (Lipinski definition) is 1. The van der Waals surface area contributed by atoms with Crippen LogP contribution in [-0.4, -0.2) is 28.9 Å². The molecule has 1 N–H and O–H groups in total. The van der Waals surface area contributed by atoms with Crippen molar-refractivity contribution in [2.45, 2.75) is 13.1 Å². The molecule has 0 radical (unpaired) electrons. The average molecular weight is 524 g/mol. The third-order valence-electron chi connectivity index (χ3n) is 4.32. The lowest BCUT2D eigenvalue weighted by Crippen LogP contribution is -2.50. The Bertz CT molecular complexity index is 1100. The molecule has 0 spiro atoms. The van der Waals surface area contributed by atoms with Gasteiger partial charge in [0, 0.05) is 10.8 Å². The fraction of sp³-hybridized carbons (Fsp3) is 0.211. The van der Waals surface area contributed by atoms with Gasteiger partial charge in [-0.3, -0.25) is 15.1 Å². The Morgan fingerprint density at radius 1 is 1.25 bits per heavy atom. The van der Waals surface area contributed by atoms with Crippen molar-refractivity contribution < 1.29 is 9.53 Å². The first kappa shape index (κ1) is 19.5. The Kier molecular flexibility index (Phi) is 5.48. The van der Waals surface area contributed by atoms with E-state index in [0.29, 0.717) is 16.6 Å². The maximum absolute atomic E-state index is 12.9. The number of carbonyl (C=O) groups excluding carboxylic acids is 1. The Morgan fingerprint density at radius 3 is 2.64 bits per heavy atom. The normalized spacial score (nSPS) is 17.9. The number of nitrogens with zero attached hydrogens (tertiary/aromatic N) is 3. The van der Waals surface area contributed by atoms with Crippen LogP contribution in [0.2, 0.25) is 0 Å². The van der Waals surface area contributed by atoms with Crippen LogP contribution in [0.5, 0.6) is 5.75 Å². The largest absolute Gasteiger partial charge is 0.494 e. The average Bonchev–Trinajstić information content (AvgIpc) is 2.67. The quantitative estimate of drug-likeness (QED) is 0.671. The summed E-state index contributed by atoms with van der Waals surface area (Å²) in [6, 6.07) is 11.5. The van der Waals surface area contributed by atoms with Crippen molar-refractivity contribution in [1.82, 2.24) is 10.3 Å². The molecule has 0 bridgehead atoms. The van der Waals surface area contributed by atoms with Crippen LogP contribution in [0.25, 0.3) is 5.70 Å². The summed E-state index contributed by atoms with van der Waals surface area (Å²) < 4.78 is 7.00. The minimum absolute atomic E-state index is 0.176. The number of methoxy groups -OCH3 is 1. The number of ether oxygens (including phenoxy) is 1. The van der Waals surface area contributed by atoms with Crippen LogP contribution >= 0.6 is 43.6 Å². The van der Waals surface area contributed by atoms with Gasteiger partial charge in [-0.2, -0.15) is 0 Å². The summed E-state index contributed by atoms with van der Waals surface area (Å²) >= 11 is 8.59. The molecule has 1 unspecified atom stereocenters. The highest BCUT2D eigenvalue weighted by atomic mass is 79.9. The number of amides is 1. The fourth-order valence-corrected chi connectivity index (χ4v) is 5.30. The van der Waals surface area contributed by atoms with Crippen LogP contribution in [0, 0.1) is 0 Å². The smallest absolute Gasteiger partial charge is 0.276 e. The minimum atomic E-state index is -0.470. The molecular formula is C19H16Br2N4O2S. The molecule has 0 saturated heterocycles. The highest BCUT2D eigenvalue weighted by Gasteiger charge is 2.34. The molecule has 2 aromatic rings. The number of rotatable bonds is 3. The van der Waals surface area contributed by atoms with Gasteiger partial charge in [-0.15, -0.1) is 5.10 Å². The predicted octanol–water partition coefficient (Wildman–Crippen LogP) is 3.12. The van der Waals surface area contributed by atoms with Gasteiger partial charge in [0.25, 0.3) is 5.91 Å². The van der Waals surface area contributed by atoms with Gasteiger partial charge in [0.05, 0.1) is 21.4 Å². The van der Waals surface area contributed by atoms with Crippen LogP contribution in [0.3, 0.4) is 0 Å². The van der Waals surface area contributed by atoms with Crippen molar-refractivity contribution in [1.29, 1.82) is 0 Å². The van der Waals surface area contributed by atoms with E-state index in [0.717, 1.165) is 30.8 Å². The minimum Gasteiger partial charge on any atom is -0.494 e. The number of hydrogen-bond acceptors (Lipinski definition) is 6. The van der Waals surface area contributed by atoms with Gasteiger partial charge in [0.1, 0.15) is 11.4 Å². The van der Waals surface area contributed by atoms with E-state index in [-0.39, 0.29) is 5.91 Å². The Morgan fingerprint density at radius 2 is 1.96 bits per heavy atom. The Labute approximate surface area is 183 Å². The number of fused-ring (bicyclic) bond motifs is 2. The molecule has 9 heteroatoms. The standard InChI is InChI=1S/C19H16Br2N4O2S/c1-3-28-19-23-18(26)15-11-6-4-5-7-14(11)22-17(25(15)24-19)10-8-12(20)16(27-2)13(21)9-10/h4-9,17H,3H2,1-2H3,(H,23,24,26). The van der Waals surface area contributed by atoms with E-state index in [9.17, 15) is 4.79 Å². The molecular weight excluding hydrogens is 508 g/mol. The highest BCUT2D eigenvalue weighted by Crippen LogP contribution is 2.39. The number of amidine groups is 1. The van der Waals surface area contributed by atoms with Crippen LogP contribution in [0.15, 0.2) is 55.4 Å². The number of nitrogens with one attached hydrogen (secondary N) is 1. The summed E-state index contributed by atoms with van der Waals surface area (Å²) in [5.74, 6) is 1.33. The van der Waals surface area contributed by atoms with Crippen molar-refractivity contribution in [2.24, 2.45) is 10.1 Å². The van der Waals surface area contributed by atoms with E-state index < -0.39 is 6.17 Å². The molecule has 6 nitrogen and oxygen atoms in total. The van der Waals surface area contributed by atoms with Crippen LogP contribution < -0.4 is 20.6 Å². The summed E-state index contributed by atoms with van der Waals surface area (Å²) in [5.41, 5.74) is 1.38. The van der Waals surface area contributed by atoms with E-state index in [1.54, 1.807) is 12.1 Å². The monoisotopic (exact) mass is 522 g/mol. The van der Waals surface area contributed by atoms with E-state index in [1.807, 2.05) is 43.3 Å². The number of para-hydroxylation sites is 1. The summed E-state index contributed by atoms with van der Waals surface area (Å²) in [4.78, 5) is 17.8. The molecule has 4 rings (SSSR count). The first-order valence-electron chi connectivity index (χ1n) is 8.55. The lowest BCUT2D eigenvalue weighted by atomic mass is 10.1. The molecule has 2 aromatic carbocycles. The third-order valence-corrected chi connectivity index (χ3v) is 6.24. The van der Waals surface area contributed by atoms with Crippen molar-refractivity contribution in [3.8, 4) is 5.75 Å². The molecule has 0 saturated carbocycles. The molecule has 1 atom stereocenters. The number of carbonyl (C=O) groups is 1. The van der Waals surface area contributed by atoms with E-state index in [4.69, 9.17) is 14.8 Å². The van der Waals surface area contributed by atoms with Gasteiger partial charge in [-0.25, -0.2) is 5.01 Å². The molecule has 28 heavy (non-hydrogen) atoms. The predicted molar refractivity (Wildman–Crippen MR) is 117 cm³/mol. The summed E-state index contributed by atoms with van der Waals surface area (Å²) in [5, 5.41) is 11.4. The lowest BCUT2D eigenvalue weighted by molar-refractivity contribution is -0.116. The summed E-state index contributed by atoms with van der Waals surface area (Å²) in [7, 11) is 1.62. The second kappa shape index (κ2) is 7.88. The Hall–Kier alpha value is -1.84. The molecule has 0 aromatic heterocycles. The van der Waals surface area contributed by atoms with E-state index in [2.05, 4.69) is 37.2 Å². The third kappa shape index (κ3) is 3.35. The molecule has 2 aliphatic rings. The van der Waals surface area contributed by atoms with Gasteiger partial charge >= 0.3 is 0 Å². The van der Waals surface area contributed by atoms with Crippen molar-refractivity contribution >= 4 is 60.4 Å². The zero-order valence-corrected chi connectivity index (χ0v) is 19.1.